The van der Waals surface area contributed by atoms with Crippen molar-refractivity contribution in [2.45, 2.75) is 12.5 Å². The lowest BCUT2D eigenvalue weighted by Crippen LogP contribution is -2.20. The lowest BCUT2D eigenvalue weighted by molar-refractivity contribution is 0.0843. The van der Waals surface area contributed by atoms with Crippen molar-refractivity contribution in [3.63, 3.8) is 0 Å². The highest BCUT2D eigenvalue weighted by atomic mass is 16.5. The van der Waals surface area contributed by atoms with Crippen molar-refractivity contribution in [2.75, 3.05) is 14.2 Å². The first-order chi connectivity index (χ1) is 9.72. The van der Waals surface area contributed by atoms with Crippen LogP contribution in [0.4, 0.5) is 0 Å². The van der Waals surface area contributed by atoms with Gasteiger partial charge in [-0.15, -0.1) is 0 Å². The smallest absolute Gasteiger partial charge is 0.174 e. The zero-order valence-corrected chi connectivity index (χ0v) is 11.2. The molecule has 1 aromatic heterocycles. The third-order valence-electron chi connectivity index (χ3n) is 3.33. The van der Waals surface area contributed by atoms with Gasteiger partial charge in [-0.1, -0.05) is 0 Å². The second-order valence-corrected chi connectivity index (χ2v) is 4.49. The van der Waals surface area contributed by atoms with Gasteiger partial charge in [-0.25, -0.2) is 0 Å². The van der Waals surface area contributed by atoms with E-state index in [4.69, 9.17) is 18.6 Å². The van der Waals surface area contributed by atoms with E-state index in [1.54, 1.807) is 37.8 Å². The Balaban J connectivity index is 2.04. The fraction of sp³-hybridized carbons (Fsp3) is 0.267. The molecular weight excluding hydrogens is 260 g/mol. The molecule has 1 aliphatic rings. The first-order valence-electron chi connectivity index (χ1n) is 6.21. The largest absolute Gasteiger partial charge is 0.496 e. The van der Waals surface area contributed by atoms with Crippen LogP contribution in [0.2, 0.25) is 0 Å². The van der Waals surface area contributed by atoms with Crippen LogP contribution in [-0.4, -0.2) is 20.0 Å². The number of hydrogen-bond acceptors (Lipinski definition) is 5. The maximum atomic E-state index is 12.3. The molecule has 0 saturated heterocycles. The molecule has 5 nitrogen and oxygen atoms in total. The average Bonchev–Trinajstić information content (AvgIpc) is 2.99. The number of ketones is 1. The van der Waals surface area contributed by atoms with E-state index in [-0.39, 0.29) is 18.3 Å². The van der Waals surface area contributed by atoms with E-state index in [2.05, 4.69) is 0 Å². The van der Waals surface area contributed by atoms with Crippen molar-refractivity contribution in [3.8, 4) is 17.2 Å². The van der Waals surface area contributed by atoms with Crippen LogP contribution >= 0.6 is 0 Å². The van der Waals surface area contributed by atoms with E-state index < -0.39 is 0 Å². The fourth-order valence-electron chi connectivity index (χ4n) is 2.32. The van der Waals surface area contributed by atoms with Crippen molar-refractivity contribution in [2.24, 2.45) is 0 Å². The van der Waals surface area contributed by atoms with E-state index >= 15 is 0 Å². The predicted molar refractivity (Wildman–Crippen MR) is 70.6 cm³/mol. The van der Waals surface area contributed by atoms with Crippen LogP contribution < -0.4 is 14.2 Å². The molecule has 0 aliphatic carbocycles. The molecule has 20 heavy (non-hydrogen) atoms. The SMILES string of the molecule is COc1cc(OC)c2c(c1)OC(c1ccoc1)CC2=O. The Morgan fingerprint density at radius 3 is 2.75 bits per heavy atom. The van der Waals surface area contributed by atoms with Gasteiger partial charge in [0.2, 0.25) is 0 Å². The quantitative estimate of drug-likeness (QED) is 0.861. The van der Waals surface area contributed by atoms with Crippen LogP contribution in [-0.2, 0) is 0 Å². The van der Waals surface area contributed by atoms with Gasteiger partial charge in [0, 0.05) is 17.7 Å². The van der Waals surface area contributed by atoms with Crippen molar-refractivity contribution < 1.29 is 23.4 Å². The molecular formula is C15H14O5. The maximum absolute atomic E-state index is 12.3. The molecule has 0 bridgehead atoms. The van der Waals surface area contributed by atoms with E-state index in [9.17, 15) is 4.79 Å². The summed E-state index contributed by atoms with van der Waals surface area (Å²) in [6.45, 7) is 0. The molecule has 0 saturated carbocycles. The van der Waals surface area contributed by atoms with Gasteiger partial charge in [0.05, 0.1) is 33.2 Å². The predicted octanol–water partition coefficient (Wildman–Crippen LogP) is 3.00. The summed E-state index contributed by atoms with van der Waals surface area (Å²) in [5.41, 5.74) is 1.30. The number of rotatable bonds is 3. The first kappa shape index (κ1) is 12.6. The van der Waals surface area contributed by atoms with Crippen molar-refractivity contribution in [1.82, 2.24) is 0 Å². The van der Waals surface area contributed by atoms with Gasteiger partial charge in [0.25, 0.3) is 0 Å². The molecule has 1 atom stereocenters. The van der Waals surface area contributed by atoms with Gasteiger partial charge in [-0.05, 0) is 6.07 Å². The number of carbonyl (C=O) groups is 1. The van der Waals surface area contributed by atoms with E-state index in [1.165, 1.54) is 7.11 Å². The van der Waals surface area contributed by atoms with Crippen LogP contribution in [0.5, 0.6) is 17.2 Å². The lowest BCUT2D eigenvalue weighted by atomic mass is 9.96. The summed E-state index contributed by atoms with van der Waals surface area (Å²) < 4.78 is 21.4. The maximum Gasteiger partial charge on any atom is 0.174 e. The molecule has 104 valence electrons. The molecule has 3 rings (SSSR count). The third kappa shape index (κ3) is 2.01. The summed E-state index contributed by atoms with van der Waals surface area (Å²) >= 11 is 0. The van der Waals surface area contributed by atoms with Gasteiger partial charge < -0.3 is 18.6 Å². The second kappa shape index (κ2) is 4.92. The van der Waals surface area contributed by atoms with Crippen molar-refractivity contribution in [1.29, 1.82) is 0 Å². The topological polar surface area (TPSA) is 57.9 Å². The monoisotopic (exact) mass is 274 g/mol. The van der Waals surface area contributed by atoms with Gasteiger partial charge in [0.15, 0.2) is 5.78 Å². The molecule has 1 unspecified atom stereocenters. The molecule has 2 heterocycles. The van der Waals surface area contributed by atoms with Crippen molar-refractivity contribution >= 4 is 5.78 Å². The number of fused-ring (bicyclic) bond motifs is 1. The molecule has 1 aliphatic heterocycles. The molecule has 0 radical (unpaired) electrons. The molecule has 5 heteroatoms. The summed E-state index contributed by atoms with van der Waals surface area (Å²) in [5, 5.41) is 0. The molecule has 2 aromatic rings. The van der Waals surface area contributed by atoms with E-state index in [1.807, 2.05) is 0 Å². The van der Waals surface area contributed by atoms with Gasteiger partial charge in [0.1, 0.15) is 28.9 Å². The van der Waals surface area contributed by atoms with E-state index in [0.717, 1.165) is 5.56 Å². The van der Waals surface area contributed by atoms with Gasteiger partial charge in [-0.3, -0.25) is 4.79 Å². The Labute approximate surface area is 116 Å². The minimum absolute atomic E-state index is 0.0167. The average molecular weight is 274 g/mol. The molecule has 0 fully saturated rings. The third-order valence-corrected chi connectivity index (χ3v) is 3.33. The number of carbonyl (C=O) groups excluding carboxylic acids is 1. The molecule has 0 N–H and O–H groups in total. The number of benzene rings is 1. The summed E-state index contributed by atoms with van der Waals surface area (Å²) in [4.78, 5) is 12.3. The van der Waals surface area contributed by atoms with E-state index in [0.29, 0.717) is 22.8 Å². The Hall–Kier alpha value is -2.43. The molecule has 0 spiro atoms. The molecule has 0 amide bonds. The van der Waals surface area contributed by atoms with Crippen LogP contribution in [0.15, 0.2) is 35.1 Å². The fourth-order valence-corrected chi connectivity index (χ4v) is 2.32. The second-order valence-electron chi connectivity index (χ2n) is 4.49. The minimum Gasteiger partial charge on any atom is -0.496 e. The first-order valence-corrected chi connectivity index (χ1v) is 6.21. The standard InChI is InChI=1S/C15H14O5/c1-17-10-5-13(18-2)15-11(16)7-12(20-14(15)6-10)9-3-4-19-8-9/h3-6,8,12H,7H2,1-2H3. The van der Waals surface area contributed by atoms with Crippen LogP contribution in [0.3, 0.4) is 0 Å². The summed E-state index contributed by atoms with van der Waals surface area (Å²) in [6.07, 6.45) is 3.06. The highest BCUT2D eigenvalue weighted by Crippen LogP contribution is 2.42. The highest BCUT2D eigenvalue weighted by molar-refractivity contribution is 6.02. The van der Waals surface area contributed by atoms with Crippen molar-refractivity contribution in [3.05, 3.63) is 41.9 Å². The van der Waals surface area contributed by atoms with Crippen LogP contribution in [0, 0.1) is 0 Å². The van der Waals surface area contributed by atoms with Crippen LogP contribution in [0.25, 0.3) is 0 Å². The number of ether oxygens (including phenoxy) is 3. The zero-order valence-electron chi connectivity index (χ0n) is 11.2. The summed E-state index contributed by atoms with van der Waals surface area (Å²) in [5.74, 6) is 1.51. The normalized spacial score (nSPS) is 17.3. The Bertz CT molecular complexity index is 630. The summed E-state index contributed by atoms with van der Waals surface area (Å²) in [7, 11) is 3.07. The van der Waals surface area contributed by atoms with Gasteiger partial charge in [-0.2, -0.15) is 0 Å². The highest BCUT2D eigenvalue weighted by Gasteiger charge is 2.31. The van der Waals surface area contributed by atoms with Crippen LogP contribution in [0.1, 0.15) is 28.4 Å². The number of Topliss-reactive ketones (excluding diaryl/α,β-unsaturated/α-hetero) is 1. The number of furan rings is 1. The Morgan fingerprint density at radius 1 is 1.25 bits per heavy atom. The summed E-state index contributed by atoms with van der Waals surface area (Å²) in [6, 6.07) is 5.17. The number of methoxy groups -OCH3 is 2. The molecule has 1 aromatic carbocycles. The lowest BCUT2D eigenvalue weighted by Gasteiger charge is -2.26. The Kier molecular flexibility index (Phi) is 3.10. The number of hydrogen-bond donors (Lipinski definition) is 0. The zero-order chi connectivity index (χ0) is 14.1. The Morgan fingerprint density at radius 2 is 2.10 bits per heavy atom. The van der Waals surface area contributed by atoms with Gasteiger partial charge >= 0.3 is 0 Å². The minimum atomic E-state index is -0.342.